The third kappa shape index (κ3) is 3.58. The maximum Gasteiger partial charge on any atom is 0.229 e. The van der Waals surface area contributed by atoms with Crippen molar-refractivity contribution in [1.82, 2.24) is 29.8 Å². The Hall–Kier alpha value is -3.46. The topological polar surface area (TPSA) is 80.6 Å². The molecular formula is C23H23F2N7. The van der Waals surface area contributed by atoms with Gasteiger partial charge in [0.25, 0.3) is 0 Å². The molecule has 9 heteroatoms. The van der Waals surface area contributed by atoms with E-state index in [-0.39, 0.29) is 23.2 Å². The average Bonchev–Trinajstić information content (AvgIpc) is 3.11. The van der Waals surface area contributed by atoms with Crippen molar-refractivity contribution in [2.24, 2.45) is 0 Å². The summed E-state index contributed by atoms with van der Waals surface area (Å²) in [6, 6.07) is 6.93. The van der Waals surface area contributed by atoms with Crippen molar-refractivity contribution in [2.75, 3.05) is 11.9 Å². The second-order valence-electron chi connectivity index (χ2n) is 8.19. The highest BCUT2D eigenvalue weighted by molar-refractivity contribution is 5.83. The van der Waals surface area contributed by atoms with Crippen molar-refractivity contribution in [2.45, 2.75) is 39.8 Å². The number of aryl methyl sites for hydroxylation is 1. The summed E-state index contributed by atoms with van der Waals surface area (Å²) in [7, 11) is 0. The standard InChI is InChI=1S/C23H23F2N7/c1-12(2)32-13(3)28-22-16(24)8-15(9-19(22)32)21-17(25)10-27-23(31-21)30-20-5-4-14-6-7-26-11-18(14)29-20/h4-5,8-10,12,26H,6-7,11H2,1-3H3,(H,27,29,30,31). The number of pyridine rings is 1. The largest absolute Gasteiger partial charge is 0.326 e. The minimum Gasteiger partial charge on any atom is -0.326 e. The Morgan fingerprint density at radius 1 is 1.09 bits per heavy atom. The van der Waals surface area contributed by atoms with Crippen LogP contribution in [-0.2, 0) is 13.0 Å². The van der Waals surface area contributed by atoms with E-state index < -0.39 is 11.6 Å². The molecule has 0 spiro atoms. The molecule has 0 fully saturated rings. The van der Waals surface area contributed by atoms with Gasteiger partial charge in [-0.15, -0.1) is 0 Å². The third-order valence-corrected chi connectivity index (χ3v) is 5.63. The maximum atomic E-state index is 14.9. The van der Waals surface area contributed by atoms with Gasteiger partial charge in [0.2, 0.25) is 5.95 Å². The number of halogens is 2. The van der Waals surface area contributed by atoms with Crippen LogP contribution < -0.4 is 10.6 Å². The number of anilines is 2. The molecule has 4 aromatic rings. The first-order valence-corrected chi connectivity index (χ1v) is 10.6. The van der Waals surface area contributed by atoms with Crippen LogP contribution in [0.4, 0.5) is 20.5 Å². The van der Waals surface area contributed by atoms with Crippen molar-refractivity contribution < 1.29 is 8.78 Å². The van der Waals surface area contributed by atoms with Crippen molar-refractivity contribution >= 4 is 22.8 Å². The highest BCUT2D eigenvalue weighted by atomic mass is 19.1. The summed E-state index contributed by atoms with van der Waals surface area (Å²) in [6.07, 6.45) is 2.01. The molecule has 0 atom stereocenters. The van der Waals surface area contributed by atoms with E-state index in [1.807, 2.05) is 37.5 Å². The van der Waals surface area contributed by atoms with Gasteiger partial charge in [-0.25, -0.2) is 28.7 Å². The van der Waals surface area contributed by atoms with E-state index in [2.05, 4.69) is 30.6 Å². The van der Waals surface area contributed by atoms with Crippen molar-refractivity contribution in [3.8, 4) is 11.3 Å². The molecule has 0 unspecified atom stereocenters. The van der Waals surface area contributed by atoms with Gasteiger partial charge in [-0.1, -0.05) is 6.07 Å². The molecule has 0 amide bonds. The van der Waals surface area contributed by atoms with Crippen LogP contribution in [0, 0.1) is 18.6 Å². The number of nitrogens with one attached hydrogen (secondary N) is 2. The molecule has 1 aliphatic rings. The first-order chi connectivity index (χ1) is 15.4. The number of hydrogen-bond donors (Lipinski definition) is 2. The quantitative estimate of drug-likeness (QED) is 0.493. The Kier molecular flexibility index (Phi) is 5.05. The zero-order valence-electron chi connectivity index (χ0n) is 18.1. The van der Waals surface area contributed by atoms with Gasteiger partial charge in [0, 0.05) is 18.2 Å². The fourth-order valence-corrected chi connectivity index (χ4v) is 4.21. The Morgan fingerprint density at radius 2 is 1.94 bits per heavy atom. The Labute approximate surface area is 184 Å². The molecule has 3 aromatic heterocycles. The monoisotopic (exact) mass is 435 g/mol. The summed E-state index contributed by atoms with van der Waals surface area (Å²) in [5.41, 5.74) is 3.37. The van der Waals surface area contributed by atoms with Gasteiger partial charge in [0.1, 0.15) is 22.9 Å². The molecule has 1 aromatic carbocycles. The van der Waals surface area contributed by atoms with E-state index in [1.165, 1.54) is 11.6 Å². The molecular weight excluding hydrogens is 412 g/mol. The summed E-state index contributed by atoms with van der Waals surface area (Å²) in [5.74, 6) is 0.303. The molecule has 4 heterocycles. The lowest BCUT2D eigenvalue weighted by Gasteiger charge is -2.17. The average molecular weight is 435 g/mol. The van der Waals surface area contributed by atoms with E-state index in [0.717, 1.165) is 24.9 Å². The molecule has 0 radical (unpaired) electrons. The fraction of sp³-hybridized carbons (Fsp3) is 0.304. The van der Waals surface area contributed by atoms with Crippen LogP contribution in [-0.4, -0.2) is 31.0 Å². The van der Waals surface area contributed by atoms with Crippen LogP contribution in [0.3, 0.4) is 0 Å². The number of imidazole rings is 1. The summed E-state index contributed by atoms with van der Waals surface area (Å²) < 4.78 is 31.5. The minimum absolute atomic E-state index is 0.0112. The van der Waals surface area contributed by atoms with Gasteiger partial charge in [0.15, 0.2) is 11.6 Å². The van der Waals surface area contributed by atoms with E-state index in [4.69, 9.17) is 0 Å². The molecule has 32 heavy (non-hydrogen) atoms. The van der Waals surface area contributed by atoms with Gasteiger partial charge in [-0.05, 0) is 57.5 Å². The third-order valence-electron chi connectivity index (χ3n) is 5.63. The zero-order valence-corrected chi connectivity index (χ0v) is 18.1. The molecule has 2 N–H and O–H groups in total. The van der Waals surface area contributed by atoms with Gasteiger partial charge in [-0.3, -0.25) is 0 Å². The van der Waals surface area contributed by atoms with Crippen LogP contribution in [0.15, 0.2) is 30.5 Å². The van der Waals surface area contributed by atoms with Crippen molar-refractivity contribution in [3.05, 3.63) is 59.2 Å². The SMILES string of the molecule is Cc1nc2c(F)cc(-c3nc(Nc4ccc5c(n4)CNCC5)ncc3F)cc2n1C(C)C. The van der Waals surface area contributed by atoms with E-state index in [0.29, 0.717) is 29.3 Å². The lowest BCUT2D eigenvalue weighted by atomic mass is 10.1. The summed E-state index contributed by atoms with van der Waals surface area (Å²) >= 11 is 0. The predicted molar refractivity (Wildman–Crippen MR) is 119 cm³/mol. The number of aromatic nitrogens is 5. The number of benzene rings is 1. The summed E-state index contributed by atoms with van der Waals surface area (Å²) in [6.45, 7) is 7.44. The molecule has 0 saturated heterocycles. The van der Waals surface area contributed by atoms with E-state index in [9.17, 15) is 8.78 Å². The van der Waals surface area contributed by atoms with Crippen molar-refractivity contribution in [3.63, 3.8) is 0 Å². The molecule has 5 rings (SSSR count). The fourth-order valence-electron chi connectivity index (χ4n) is 4.21. The van der Waals surface area contributed by atoms with Gasteiger partial charge < -0.3 is 15.2 Å². The minimum atomic E-state index is -0.635. The normalized spacial score (nSPS) is 13.6. The molecule has 164 valence electrons. The van der Waals surface area contributed by atoms with Crippen molar-refractivity contribution in [1.29, 1.82) is 0 Å². The highest BCUT2D eigenvalue weighted by Crippen LogP contribution is 2.30. The number of fused-ring (bicyclic) bond motifs is 2. The number of hydrogen-bond acceptors (Lipinski definition) is 6. The Morgan fingerprint density at radius 3 is 2.75 bits per heavy atom. The second kappa shape index (κ2) is 7.90. The highest BCUT2D eigenvalue weighted by Gasteiger charge is 2.19. The summed E-state index contributed by atoms with van der Waals surface area (Å²) in [4.78, 5) is 17.3. The van der Waals surface area contributed by atoms with Gasteiger partial charge in [-0.2, -0.15) is 0 Å². The molecule has 1 aliphatic heterocycles. The first-order valence-electron chi connectivity index (χ1n) is 10.6. The smallest absolute Gasteiger partial charge is 0.229 e. The molecule has 0 aliphatic carbocycles. The van der Waals surface area contributed by atoms with Crippen LogP contribution in [0.5, 0.6) is 0 Å². The van der Waals surface area contributed by atoms with Gasteiger partial charge in [0.05, 0.1) is 17.4 Å². The van der Waals surface area contributed by atoms with Crippen LogP contribution >= 0.6 is 0 Å². The van der Waals surface area contributed by atoms with Crippen LogP contribution in [0.2, 0.25) is 0 Å². The molecule has 0 saturated carbocycles. The van der Waals surface area contributed by atoms with E-state index in [1.54, 1.807) is 6.07 Å². The first kappa shape index (κ1) is 20.4. The summed E-state index contributed by atoms with van der Waals surface area (Å²) in [5, 5.41) is 6.33. The maximum absolute atomic E-state index is 14.9. The van der Waals surface area contributed by atoms with E-state index >= 15 is 0 Å². The lowest BCUT2D eigenvalue weighted by molar-refractivity contribution is 0.600. The predicted octanol–water partition coefficient (Wildman–Crippen LogP) is 4.45. The molecule has 7 nitrogen and oxygen atoms in total. The van der Waals surface area contributed by atoms with Gasteiger partial charge >= 0.3 is 0 Å². The van der Waals surface area contributed by atoms with Crippen LogP contribution in [0.25, 0.3) is 22.3 Å². The molecule has 0 bridgehead atoms. The Bertz CT molecular complexity index is 1330. The zero-order chi connectivity index (χ0) is 22.4. The Balaban J connectivity index is 1.54. The number of rotatable bonds is 4. The lowest BCUT2D eigenvalue weighted by Crippen LogP contribution is -2.24. The number of nitrogens with zero attached hydrogens (tertiary/aromatic N) is 5. The van der Waals surface area contributed by atoms with Crippen LogP contribution in [0.1, 0.15) is 37.0 Å². The second-order valence-corrected chi connectivity index (χ2v) is 8.19.